The molecule has 0 saturated carbocycles. The van der Waals surface area contributed by atoms with Crippen molar-refractivity contribution in [3.05, 3.63) is 28.8 Å². The van der Waals surface area contributed by atoms with Crippen molar-refractivity contribution in [1.29, 1.82) is 0 Å². The van der Waals surface area contributed by atoms with Gasteiger partial charge in [-0.25, -0.2) is 0 Å². The Hall–Kier alpha value is -2.04. The van der Waals surface area contributed by atoms with Gasteiger partial charge < -0.3 is 15.2 Å². The summed E-state index contributed by atoms with van der Waals surface area (Å²) in [5.41, 5.74) is 3.31. The lowest BCUT2D eigenvalue weighted by atomic mass is 10.0. The van der Waals surface area contributed by atoms with Crippen molar-refractivity contribution < 1.29 is 19.4 Å². The van der Waals surface area contributed by atoms with Gasteiger partial charge in [-0.2, -0.15) is 0 Å². The number of ether oxygens (including phenoxy) is 1. The minimum atomic E-state index is -1.12. The summed E-state index contributed by atoms with van der Waals surface area (Å²) in [6, 6.07) is 3.99. The molecule has 0 atom stereocenters. The van der Waals surface area contributed by atoms with E-state index >= 15 is 0 Å². The number of amides is 1. The molecule has 0 bridgehead atoms. The Morgan fingerprint density at radius 3 is 2.47 bits per heavy atom. The molecule has 1 aromatic carbocycles. The molecule has 0 saturated heterocycles. The van der Waals surface area contributed by atoms with Crippen LogP contribution in [0.5, 0.6) is 5.75 Å². The first-order valence-corrected chi connectivity index (χ1v) is 6.06. The van der Waals surface area contributed by atoms with Gasteiger partial charge >= 0.3 is 5.97 Å². The molecule has 1 rings (SSSR count). The lowest BCUT2D eigenvalue weighted by Crippen LogP contribution is -2.27. The van der Waals surface area contributed by atoms with E-state index in [0.717, 1.165) is 22.4 Å². The van der Waals surface area contributed by atoms with Crippen molar-refractivity contribution in [3.8, 4) is 5.75 Å². The number of benzene rings is 1. The first kappa shape index (κ1) is 15.0. The van der Waals surface area contributed by atoms with Crippen LogP contribution in [0.4, 0.5) is 0 Å². The van der Waals surface area contributed by atoms with Gasteiger partial charge in [-0.3, -0.25) is 9.59 Å². The van der Waals surface area contributed by atoms with Crippen LogP contribution in [0, 0.1) is 13.8 Å². The minimum Gasteiger partial charge on any atom is -0.496 e. The van der Waals surface area contributed by atoms with Gasteiger partial charge in [0.25, 0.3) is 0 Å². The maximum atomic E-state index is 11.2. The monoisotopic (exact) mass is 265 g/mol. The highest BCUT2D eigenvalue weighted by Gasteiger charge is 2.09. The van der Waals surface area contributed by atoms with Crippen LogP contribution >= 0.6 is 0 Å². The Kier molecular flexibility index (Phi) is 5.36. The molecule has 1 amide bonds. The average Bonchev–Trinajstić information content (AvgIpc) is 2.32. The number of methoxy groups -OCH3 is 1. The molecule has 19 heavy (non-hydrogen) atoms. The summed E-state index contributed by atoms with van der Waals surface area (Å²) in [5.74, 6) is -0.813. The highest BCUT2D eigenvalue weighted by molar-refractivity contribution is 5.93. The third kappa shape index (κ3) is 4.62. The van der Waals surface area contributed by atoms with Crippen molar-refractivity contribution in [2.75, 3.05) is 13.7 Å². The van der Waals surface area contributed by atoms with E-state index in [-0.39, 0.29) is 0 Å². The second-order valence-electron chi connectivity index (χ2n) is 4.42. The van der Waals surface area contributed by atoms with E-state index in [4.69, 9.17) is 9.84 Å². The Labute approximate surface area is 112 Å². The molecule has 1 aromatic rings. The number of rotatable bonds is 6. The Bertz CT molecular complexity index is 483. The summed E-state index contributed by atoms with van der Waals surface area (Å²) in [6.07, 6.45) is 0.111. The zero-order valence-corrected chi connectivity index (χ0v) is 11.4. The molecule has 104 valence electrons. The topological polar surface area (TPSA) is 75.6 Å². The fourth-order valence-electron chi connectivity index (χ4n) is 1.77. The first-order chi connectivity index (χ1) is 8.93. The third-order valence-corrected chi connectivity index (χ3v) is 2.93. The van der Waals surface area contributed by atoms with Crippen molar-refractivity contribution in [2.24, 2.45) is 0 Å². The molecule has 5 heteroatoms. The van der Waals surface area contributed by atoms with E-state index in [2.05, 4.69) is 5.32 Å². The van der Waals surface area contributed by atoms with Gasteiger partial charge in [-0.1, -0.05) is 6.07 Å². The lowest BCUT2D eigenvalue weighted by molar-refractivity contribution is -0.140. The van der Waals surface area contributed by atoms with Gasteiger partial charge in [0.15, 0.2) is 0 Å². The van der Waals surface area contributed by atoms with Crippen molar-refractivity contribution in [2.45, 2.75) is 26.7 Å². The highest BCUT2D eigenvalue weighted by atomic mass is 16.5. The maximum absolute atomic E-state index is 11.2. The molecule has 0 aliphatic rings. The number of carbonyl (C=O) groups excluding carboxylic acids is 1. The van der Waals surface area contributed by atoms with Crippen LogP contribution in [-0.4, -0.2) is 30.6 Å². The van der Waals surface area contributed by atoms with Crippen molar-refractivity contribution in [1.82, 2.24) is 5.32 Å². The molecular weight excluding hydrogens is 246 g/mol. The van der Waals surface area contributed by atoms with E-state index in [9.17, 15) is 9.59 Å². The number of nitrogens with one attached hydrogen (secondary N) is 1. The summed E-state index contributed by atoms with van der Waals surface area (Å²) in [4.78, 5) is 21.5. The number of hydrogen-bond donors (Lipinski definition) is 2. The second kappa shape index (κ2) is 6.78. The van der Waals surface area contributed by atoms with Gasteiger partial charge in [-0.05, 0) is 43.0 Å². The van der Waals surface area contributed by atoms with Crippen LogP contribution in [0.1, 0.15) is 23.1 Å². The lowest BCUT2D eigenvalue weighted by Gasteiger charge is -2.12. The SMILES string of the molecule is COc1cc(C)c(C)cc1CCNC(=O)CC(=O)O. The van der Waals surface area contributed by atoms with Gasteiger partial charge in [0.1, 0.15) is 12.2 Å². The van der Waals surface area contributed by atoms with E-state index in [1.165, 1.54) is 0 Å². The maximum Gasteiger partial charge on any atom is 0.312 e. The molecule has 0 aromatic heterocycles. The molecule has 0 spiro atoms. The predicted molar refractivity (Wildman–Crippen MR) is 71.4 cm³/mol. The summed E-state index contributed by atoms with van der Waals surface area (Å²) >= 11 is 0. The van der Waals surface area contributed by atoms with Crippen LogP contribution in [0.2, 0.25) is 0 Å². The van der Waals surface area contributed by atoms with Crippen LogP contribution in [0.3, 0.4) is 0 Å². The first-order valence-electron chi connectivity index (χ1n) is 6.06. The van der Waals surface area contributed by atoms with Crippen molar-refractivity contribution >= 4 is 11.9 Å². The molecule has 2 N–H and O–H groups in total. The summed E-state index contributed by atoms with van der Waals surface area (Å²) < 4.78 is 5.30. The molecule has 0 radical (unpaired) electrons. The molecule has 0 unspecified atom stereocenters. The largest absolute Gasteiger partial charge is 0.496 e. The smallest absolute Gasteiger partial charge is 0.312 e. The minimum absolute atomic E-state index is 0.394. The van der Waals surface area contributed by atoms with E-state index in [1.54, 1.807) is 7.11 Å². The zero-order valence-electron chi connectivity index (χ0n) is 11.4. The van der Waals surface area contributed by atoms with Gasteiger partial charge in [0.2, 0.25) is 5.91 Å². The van der Waals surface area contributed by atoms with E-state index in [1.807, 2.05) is 26.0 Å². The number of aliphatic carboxylic acids is 1. The number of carbonyl (C=O) groups is 2. The van der Waals surface area contributed by atoms with Crippen LogP contribution in [0.15, 0.2) is 12.1 Å². The Morgan fingerprint density at radius 2 is 1.89 bits per heavy atom. The predicted octanol–water partition coefficient (Wildman–Crippen LogP) is 1.45. The molecule has 5 nitrogen and oxygen atoms in total. The zero-order chi connectivity index (χ0) is 14.4. The molecular formula is C14H19NO4. The Morgan fingerprint density at radius 1 is 1.26 bits per heavy atom. The molecule has 0 aliphatic carbocycles. The fourth-order valence-corrected chi connectivity index (χ4v) is 1.77. The van der Waals surface area contributed by atoms with Gasteiger partial charge in [0, 0.05) is 6.54 Å². The Balaban J connectivity index is 2.60. The highest BCUT2D eigenvalue weighted by Crippen LogP contribution is 2.23. The van der Waals surface area contributed by atoms with Gasteiger partial charge in [-0.15, -0.1) is 0 Å². The number of carboxylic acids is 1. The summed E-state index contributed by atoms with van der Waals surface area (Å²) in [7, 11) is 1.61. The molecule has 0 aliphatic heterocycles. The normalized spacial score (nSPS) is 10.1. The van der Waals surface area contributed by atoms with E-state index < -0.39 is 18.3 Å². The standard InChI is InChI=1S/C14H19NO4/c1-9-6-11(12(19-3)7-10(9)2)4-5-15-13(16)8-14(17)18/h6-7H,4-5,8H2,1-3H3,(H,15,16)(H,17,18). The number of carboxylic acid groups (broad SMARTS) is 1. The number of hydrogen-bond acceptors (Lipinski definition) is 3. The van der Waals surface area contributed by atoms with Crippen molar-refractivity contribution in [3.63, 3.8) is 0 Å². The van der Waals surface area contributed by atoms with Gasteiger partial charge in [0.05, 0.1) is 7.11 Å². The van der Waals surface area contributed by atoms with Crippen LogP contribution in [0.25, 0.3) is 0 Å². The third-order valence-electron chi connectivity index (χ3n) is 2.93. The second-order valence-corrected chi connectivity index (χ2v) is 4.42. The van der Waals surface area contributed by atoms with E-state index in [0.29, 0.717) is 13.0 Å². The van der Waals surface area contributed by atoms with Crippen LogP contribution < -0.4 is 10.1 Å². The molecule has 0 heterocycles. The van der Waals surface area contributed by atoms with Crippen LogP contribution in [-0.2, 0) is 16.0 Å². The fraction of sp³-hybridized carbons (Fsp3) is 0.429. The number of aryl methyl sites for hydroxylation is 2. The summed E-state index contributed by atoms with van der Waals surface area (Å²) in [5, 5.41) is 11.0. The quantitative estimate of drug-likeness (QED) is 0.763. The molecule has 0 fully saturated rings. The summed E-state index contributed by atoms with van der Waals surface area (Å²) in [6.45, 7) is 4.42. The average molecular weight is 265 g/mol.